The molecule has 0 atom stereocenters. The van der Waals surface area contributed by atoms with Crippen molar-refractivity contribution in [3.8, 4) is 11.5 Å². The van der Waals surface area contributed by atoms with Crippen LogP contribution in [0.3, 0.4) is 0 Å². The number of carbonyl (C=O) groups excluding carboxylic acids is 1. The summed E-state index contributed by atoms with van der Waals surface area (Å²) in [6.07, 6.45) is 0. The molecule has 0 aromatic heterocycles. The Morgan fingerprint density at radius 2 is 2.00 bits per heavy atom. The van der Waals surface area contributed by atoms with Gasteiger partial charge in [-0.25, -0.2) is 0 Å². The highest BCUT2D eigenvalue weighted by Crippen LogP contribution is 2.36. The summed E-state index contributed by atoms with van der Waals surface area (Å²) < 4.78 is 11.3. The van der Waals surface area contributed by atoms with Gasteiger partial charge < -0.3 is 20.1 Å². The molecule has 0 aliphatic carbocycles. The highest BCUT2D eigenvalue weighted by molar-refractivity contribution is 9.10. The van der Waals surface area contributed by atoms with Gasteiger partial charge in [-0.3, -0.25) is 4.79 Å². The van der Waals surface area contributed by atoms with Gasteiger partial charge in [-0.1, -0.05) is 0 Å². The lowest BCUT2D eigenvalue weighted by Gasteiger charge is -2.13. The van der Waals surface area contributed by atoms with Crippen molar-refractivity contribution >= 4 is 21.8 Å². The van der Waals surface area contributed by atoms with Crippen LogP contribution in [-0.2, 0) is 11.3 Å². The molecule has 0 saturated heterocycles. The molecule has 1 aromatic carbocycles. The van der Waals surface area contributed by atoms with Crippen molar-refractivity contribution in [2.45, 2.75) is 26.4 Å². The lowest BCUT2D eigenvalue weighted by molar-refractivity contribution is -0.120. The smallest absolute Gasteiger partial charge is 0.234 e. The lowest BCUT2D eigenvalue weighted by atomic mass is 10.2. The van der Waals surface area contributed by atoms with Crippen molar-refractivity contribution in [3.63, 3.8) is 0 Å². The molecule has 2 N–H and O–H groups in total. The van der Waals surface area contributed by atoms with Gasteiger partial charge >= 0.3 is 0 Å². The van der Waals surface area contributed by atoms with Gasteiger partial charge in [0.2, 0.25) is 5.91 Å². The molecule has 5 nitrogen and oxygen atoms in total. The molecule has 0 unspecified atom stereocenters. The third-order valence-electron chi connectivity index (χ3n) is 2.56. The van der Waals surface area contributed by atoms with Gasteiger partial charge in [0.15, 0.2) is 11.5 Å². The molecule has 0 heterocycles. The predicted molar refractivity (Wildman–Crippen MR) is 82.2 cm³/mol. The highest BCUT2D eigenvalue weighted by atomic mass is 79.9. The van der Waals surface area contributed by atoms with Crippen LogP contribution in [-0.4, -0.2) is 32.7 Å². The second-order valence-electron chi connectivity index (χ2n) is 4.64. The van der Waals surface area contributed by atoms with Gasteiger partial charge in [0.1, 0.15) is 0 Å². The van der Waals surface area contributed by atoms with Crippen LogP contribution in [0, 0.1) is 0 Å². The van der Waals surface area contributed by atoms with Gasteiger partial charge in [-0.05, 0) is 47.5 Å². The first kappa shape index (κ1) is 16.8. The summed E-state index contributed by atoms with van der Waals surface area (Å²) >= 11 is 3.44. The number of nitrogens with one attached hydrogen (secondary N) is 2. The standard InChI is InChI=1S/C14H21BrN2O3/c1-9(2)17-13(18)8-16-7-10-5-11(15)14(20-4)12(6-10)19-3/h5-6,9,16H,7-8H2,1-4H3,(H,17,18). The largest absolute Gasteiger partial charge is 0.493 e. The van der Waals surface area contributed by atoms with E-state index in [2.05, 4.69) is 26.6 Å². The summed E-state index contributed by atoms with van der Waals surface area (Å²) in [5.74, 6) is 1.30. The number of amides is 1. The van der Waals surface area contributed by atoms with Crippen LogP contribution in [0.25, 0.3) is 0 Å². The maximum atomic E-state index is 11.5. The Bertz CT molecular complexity index is 464. The minimum Gasteiger partial charge on any atom is -0.493 e. The number of rotatable bonds is 7. The second-order valence-corrected chi connectivity index (χ2v) is 5.49. The van der Waals surface area contributed by atoms with E-state index in [1.165, 1.54) is 0 Å². The highest BCUT2D eigenvalue weighted by Gasteiger charge is 2.10. The normalized spacial score (nSPS) is 10.5. The summed E-state index contributed by atoms with van der Waals surface area (Å²) in [5, 5.41) is 5.92. The summed E-state index contributed by atoms with van der Waals surface area (Å²) in [6.45, 7) is 4.72. The maximum Gasteiger partial charge on any atom is 0.234 e. The topological polar surface area (TPSA) is 59.6 Å². The van der Waals surface area contributed by atoms with Crippen molar-refractivity contribution in [3.05, 3.63) is 22.2 Å². The lowest BCUT2D eigenvalue weighted by Crippen LogP contribution is -2.37. The molecule has 1 aromatic rings. The van der Waals surface area contributed by atoms with Crippen LogP contribution < -0.4 is 20.1 Å². The van der Waals surface area contributed by atoms with Crippen LogP contribution in [0.2, 0.25) is 0 Å². The van der Waals surface area contributed by atoms with Gasteiger partial charge in [-0.15, -0.1) is 0 Å². The van der Waals surface area contributed by atoms with Crippen molar-refractivity contribution in [1.82, 2.24) is 10.6 Å². The average Bonchev–Trinajstić information content (AvgIpc) is 2.37. The van der Waals surface area contributed by atoms with Crippen LogP contribution in [0.1, 0.15) is 19.4 Å². The van der Waals surface area contributed by atoms with Crippen molar-refractivity contribution in [1.29, 1.82) is 0 Å². The molecule has 0 fully saturated rings. The van der Waals surface area contributed by atoms with E-state index in [4.69, 9.17) is 9.47 Å². The molecular formula is C14H21BrN2O3. The van der Waals surface area contributed by atoms with Crippen molar-refractivity contribution < 1.29 is 14.3 Å². The SMILES string of the molecule is COc1cc(CNCC(=O)NC(C)C)cc(Br)c1OC. The monoisotopic (exact) mass is 344 g/mol. The fraction of sp³-hybridized carbons (Fsp3) is 0.500. The molecule has 0 aliphatic rings. The molecule has 6 heteroatoms. The van der Waals surface area contributed by atoms with Crippen molar-refractivity contribution in [2.75, 3.05) is 20.8 Å². The minimum absolute atomic E-state index is 0.0143. The zero-order valence-corrected chi connectivity index (χ0v) is 13.8. The number of halogens is 1. The fourth-order valence-corrected chi connectivity index (χ4v) is 2.42. The second kappa shape index (κ2) is 8.11. The van der Waals surface area contributed by atoms with Crippen LogP contribution in [0.4, 0.5) is 0 Å². The molecule has 0 spiro atoms. The quantitative estimate of drug-likeness (QED) is 0.795. The molecule has 112 valence electrons. The Morgan fingerprint density at radius 1 is 1.30 bits per heavy atom. The zero-order valence-electron chi connectivity index (χ0n) is 12.2. The summed E-state index contributed by atoms with van der Waals surface area (Å²) in [6, 6.07) is 3.98. The van der Waals surface area contributed by atoms with Crippen molar-refractivity contribution in [2.24, 2.45) is 0 Å². The fourth-order valence-electron chi connectivity index (χ4n) is 1.77. The van der Waals surface area contributed by atoms with Crippen LogP contribution in [0.5, 0.6) is 11.5 Å². The third kappa shape index (κ3) is 5.02. The summed E-state index contributed by atoms with van der Waals surface area (Å²) in [4.78, 5) is 11.5. The number of hydrogen-bond donors (Lipinski definition) is 2. The van der Waals surface area contributed by atoms with E-state index in [1.807, 2.05) is 26.0 Å². The summed E-state index contributed by atoms with van der Waals surface area (Å²) in [5.41, 5.74) is 1.01. The van der Waals surface area contributed by atoms with Gasteiger partial charge in [0, 0.05) is 12.6 Å². The van der Waals surface area contributed by atoms with E-state index in [0.29, 0.717) is 18.0 Å². The Morgan fingerprint density at radius 3 is 2.55 bits per heavy atom. The molecule has 1 rings (SSSR count). The van der Waals surface area contributed by atoms with Crippen LogP contribution in [0.15, 0.2) is 16.6 Å². The van der Waals surface area contributed by atoms with E-state index in [-0.39, 0.29) is 18.5 Å². The van der Waals surface area contributed by atoms with E-state index >= 15 is 0 Å². The molecule has 0 radical (unpaired) electrons. The average molecular weight is 345 g/mol. The first-order chi connectivity index (χ1) is 9.47. The Hall–Kier alpha value is -1.27. The van der Waals surface area contributed by atoms with Gasteiger partial charge in [0.05, 0.1) is 25.2 Å². The Kier molecular flexibility index (Phi) is 6.81. The Labute approximate surface area is 128 Å². The number of carbonyl (C=O) groups is 1. The first-order valence-corrected chi connectivity index (χ1v) is 7.17. The summed E-state index contributed by atoms with van der Waals surface area (Å²) in [7, 11) is 3.19. The number of ether oxygens (including phenoxy) is 2. The molecule has 0 saturated carbocycles. The van der Waals surface area contributed by atoms with Gasteiger partial charge in [0.25, 0.3) is 0 Å². The van der Waals surface area contributed by atoms with Crippen LogP contribution >= 0.6 is 15.9 Å². The molecule has 0 bridgehead atoms. The number of methoxy groups -OCH3 is 2. The molecule has 1 amide bonds. The Balaban J connectivity index is 2.61. The minimum atomic E-state index is -0.0143. The predicted octanol–water partition coefficient (Wildman–Crippen LogP) is 2.08. The van der Waals surface area contributed by atoms with E-state index < -0.39 is 0 Å². The molecule has 20 heavy (non-hydrogen) atoms. The van der Waals surface area contributed by atoms with E-state index in [0.717, 1.165) is 10.0 Å². The van der Waals surface area contributed by atoms with E-state index in [1.54, 1.807) is 14.2 Å². The first-order valence-electron chi connectivity index (χ1n) is 6.38. The maximum absolute atomic E-state index is 11.5. The van der Waals surface area contributed by atoms with E-state index in [9.17, 15) is 4.79 Å². The third-order valence-corrected chi connectivity index (χ3v) is 3.15. The number of benzene rings is 1. The van der Waals surface area contributed by atoms with Gasteiger partial charge in [-0.2, -0.15) is 0 Å². The molecular weight excluding hydrogens is 324 g/mol. The zero-order chi connectivity index (χ0) is 15.1. The number of hydrogen-bond acceptors (Lipinski definition) is 4. The molecule has 0 aliphatic heterocycles.